The van der Waals surface area contributed by atoms with Gasteiger partial charge in [-0.25, -0.2) is 9.36 Å². The molecule has 4 atom stereocenters. The molecule has 3 rings (SSSR count). The molecule has 188 valence electrons. The van der Waals surface area contributed by atoms with Crippen molar-refractivity contribution in [1.29, 1.82) is 0 Å². The summed E-state index contributed by atoms with van der Waals surface area (Å²) in [6, 6.07) is 0. The van der Waals surface area contributed by atoms with Gasteiger partial charge in [0.2, 0.25) is 11.9 Å². The van der Waals surface area contributed by atoms with Crippen molar-refractivity contribution >= 4 is 46.7 Å². The molecule has 0 radical (unpaired) electrons. The maximum absolute atomic E-state index is 13.4. The second-order valence-electron chi connectivity index (χ2n) is 7.76. The summed E-state index contributed by atoms with van der Waals surface area (Å²) in [6.07, 6.45) is 3.74. The van der Waals surface area contributed by atoms with Crippen molar-refractivity contribution in [3.8, 4) is 12.3 Å². The van der Waals surface area contributed by atoms with E-state index >= 15 is 0 Å². The van der Waals surface area contributed by atoms with Crippen LogP contribution in [-0.2, 0) is 35.1 Å². The molecule has 1 amide bonds. The van der Waals surface area contributed by atoms with Gasteiger partial charge in [0.1, 0.15) is 18.3 Å². The van der Waals surface area contributed by atoms with Gasteiger partial charge < -0.3 is 14.2 Å². The number of aromatic nitrogens is 4. The maximum Gasteiger partial charge on any atom is 0.333 e. The molecule has 1 aliphatic rings. The van der Waals surface area contributed by atoms with E-state index in [4.69, 9.17) is 20.6 Å². The van der Waals surface area contributed by atoms with E-state index in [1.165, 1.54) is 32.5 Å². The number of nitrogens with one attached hydrogen (secondary N) is 2. The molecule has 1 saturated heterocycles. The Morgan fingerprint density at radius 3 is 2.60 bits per heavy atom. The van der Waals surface area contributed by atoms with Crippen LogP contribution in [0.5, 0.6) is 0 Å². The summed E-state index contributed by atoms with van der Waals surface area (Å²) in [4.78, 5) is 67.8. The van der Waals surface area contributed by atoms with Gasteiger partial charge in [-0.3, -0.25) is 34.0 Å². The molecule has 0 bridgehead atoms. The van der Waals surface area contributed by atoms with Gasteiger partial charge in [0, 0.05) is 32.9 Å². The fraction of sp³-hybridized carbons (Fsp3) is 0.524. The molecule has 2 aromatic heterocycles. The lowest BCUT2D eigenvalue weighted by Crippen LogP contribution is -2.34. The zero-order valence-electron chi connectivity index (χ0n) is 19.5. The summed E-state index contributed by atoms with van der Waals surface area (Å²) in [5, 5.41) is 2.37. The average molecular weight is 508 g/mol. The molecule has 2 N–H and O–H groups in total. The number of imidazole rings is 1. The van der Waals surface area contributed by atoms with E-state index < -0.39 is 53.6 Å². The predicted octanol–water partition coefficient (Wildman–Crippen LogP) is -0.00820. The van der Waals surface area contributed by atoms with Crippen LogP contribution in [0.1, 0.15) is 33.4 Å². The monoisotopic (exact) mass is 507 g/mol. The highest BCUT2D eigenvalue weighted by atomic mass is 32.2. The number of rotatable bonds is 8. The first-order valence-corrected chi connectivity index (χ1v) is 11.9. The Kier molecular flexibility index (Phi) is 8.03. The number of carbonyl (C=O) groups excluding carboxylic acids is 3. The van der Waals surface area contributed by atoms with Gasteiger partial charge in [0.25, 0.3) is 5.56 Å². The number of thioether (sulfide) groups is 1. The van der Waals surface area contributed by atoms with Crippen LogP contribution < -0.4 is 16.6 Å². The van der Waals surface area contributed by atoms with Crippen LogP contribution in [-0.4, -0.2) is 67.3 Å². The number of hydrogen-bond acceptors (Lipinski definition) is 10. The van der Waals surface area contributed by atoms with Crippen LogP contribution in [0.2, 0.25) is 0 Å². The standard InChI is InChI=1S/C21H25N5O8S/c1-6-7-25-16-17(23-20(22-10(2)27)24-18(16)30)26(21(25)31)19-14(32-11(3)28)8-13(34-19)15(9-35-5)33-12(4)29/h1,13-15,19H,7-9H2,2-5H3,(H2,22,23,24,27,30)/t13-,14+,15-,19+/m0/s1. The Bertz CT molecular complexity index is 1310. The molecule has 1 fully saturated rings. The number of ether oxygens (including phenoxy) is 3. The Morgan fingerprint density at radius 1 is 1.31 bits per heavy atom. The second-order valence-corrected chi connectivity index (χ2v) is 8.67. The van der Waals surface area contributed by atoms with Gasteiger partial charge in [-0.05, 0) is 6.26 Å². The normalized spacial score (nSPS) is 20.3. The lowest BCUT2D eigenvalue weighted by atomic mass is 10.1. The van der Waals surface area contributed by atoms with Crippen molar-refractivity contribution < 1.29 is 28.6 Å². The number of terminal acetylenes is 1. The molecule has 0 unspecified atom stereocenters. The highest BCUT2D eigenvalue weighted by Gasteiger charge is 2.45. The number of amides is 1. The summed E-state index contributed by atoms with van der Waals surface area (Å²) < 4.78 is 19.0. The second kappa shape index (κ2) is 10.8. The van der Waals surface area contributed by atoms with E-state index in [0.29, 0.717) is 5.75 Å². The highest BCUT2D eigenvalue weighted by molar-refractivity contribution is 7.98. The lowest BCUT2D eigenvalue weighted by Gasteiger charge is -2.22. The van der Waals surface area contributed by atoms with E-state index in [0.717, 1.165) is 9.13 Å². The Labute approximate surface area is 203 Å². The third-order valence-electron chi connectivity index (χ3n) is 5.09. The van der Waals surface area contributed by atoms with Gasteiger partial charge in [-0.1, -0.05) is 5.92 Å². The number of hydrogen-bond donors (Lipinski definition) is 2. The molecule has 0 aliphatic carbocycles. The Balaban J connectivity index is 2.19. The maximum atomic E-state index is 13.4. The third kappa shape index (κ3) is 5.57. The smallest absolute Gasteiger partial charge is 0.333 e. The Hall–Kier alpha value is -3.57. The van der Waals surface area contributed by atoms with Crippen molar-refractivity contribution in [2.75, 3.05) is 17.3 Å². The number of fused-ring (bicyclic) bond motifs is 1. The van der Waals surface area contributed by atoms with Crippen molar-refractivity contribution in [3.63, 3.8) is 0 Å². The molecule has 0 spiro atoms. The molecule has 14 heteroatoms. The molecule has 2 aromatic rings. The molecular weight excluding hydrogens is 482 g/mol. The van der Waals surface area contributed by atoms with E-state index in [1.807, 2.05) is 6.26 Å². The van der Waals surface area contributed by atoms with Gasteiger partial charge in [-0.15, -0.1) is 6.42 Å². The Morgan fingerprint density at radius 2 is 2.03 bits per heavy atom. The number of H-pyrrole nitrogens is 1. The average Bonchev–Trinajstić information content (AvgIpc) is 3.25. The number of carbonyl (C=O) groups is 3. The first-order valence-electron chi connectivity index (χ1n) is 10.5. The molecule has 13 nitrogen and oxygen atoms in total. The molecule has 35 heavy (non-hydrogen) atoms. The lowest BCUT2D eigenvalue weighted by molar-refractivity contribution is -0.156. The quantitative estimate of drug-likeness (QED) is 0.367. The largest absolute Gasteiger partial charge is 0.459 e. The summed E-state index contributed by atoms with van der Waals surface area (Å²) in [6.45, 7) is 3.45. The van der Waals surface area contributed by atoms with Crippen molar-refractivity contribution in [2.24, 2.45) is 0 Å². The number of nitrogens with zero attached hydrogens (tertiary/aromatic N) is 3. The van der Waals surface area contributed by atoms with Gasteiger partial charge in [-0.2, -0.15) is 16.7 Å². The van der Waals surface area contributed by atoms with Crippen LogP contribution in [0.15, 0.2) is 9.59 Å². The van der Waals surface area contributed by atoms with E-state index in [9.17, 15) is 24.0 Å². The van der Waals surface area contributed by atoms with Crippen LogP contribution in [0.3, 0.4) is 0 Å². The number of aromatic amines is 1. The fourth-order valence-corrected chi connectivity index (χ4v) is 4.54. The van der Waals surface area contributed by atoms with Crippen molar-refractivity contribution in [3.05, 3.63) is 20.8 Å². The third-order valence-corrected chi connectivity index (χ3v) is 5.75. The number of esters is 2. The van der Waals surface area contributed by atoms with E-state index in [-0.39, 0.29) is 30.1 Å². The first-order chi connectivity index (χ1) is 16.6. The van der Waals surface area contributed by atoms with Gasteiger partial charge >= 0.3 is 17.6 Å². The van der Waals surface area contributed by atoms with Crippen LogP contribution in [0.4, 0.5) is 5.95 Å². The predicted molar refractivity (Wildman–Crippen MR) is 126 cm³/mol. The summed E-state index contributed by atoms with van der Waals surface area (Å²) in [7, 11) is 0. The zero-order chi connectivity index (χ0) is 25.9. The number of anilines is 1. The van der Waals surface area contributed by atoms with Crippen molar-refractivity contribution in [2.45, 2.75) is 58.3 Å². The minimum absolute atomic E-state index is 0.110. The van der Waals surface area contributed by atoms with E-state index in [2.05, 4.69) is 21.2 Å². The van der Waals surface area contributed by atoms with Gasteiger partial charge in [0.15, 0.2) is 17.4 Å². The first kappa shape index (κ1) is 26.0. The van der Waals surface area contributed by atoms with Crippen LogP contribution in [0, 0.1) is 12.3 Å². The minimum atomic E-state index is -1.21. The highest BCUT2D eigenvalue weighted by Crippen LogP contribution is 2.35. The topological polar surface area (TPSA) is 164 Å². The van der Waals surface area contributed by atoms with Crippen LogP contribution in [0.25, 0.3) is 11.2 Å². The molecular formula is C21H25N5O8S. The van der Waals surface area contributed by atoms with E-state index in [1.54, 1.807) is 0 Å². The molecule has 0 saturated carbocycles. The van der Waals surface area contributed by atoms with Crippen LogP contribution >= 0.6 is 11.8 Å². The molecule has 0 aromatic carbocycles. The summed E-state index contributed by atoms with van der Waals surface area (Å²) in [5.74, 6) is 0.875. The zero-order valence-corrected chi connectivity index (χ0v) is 20.3. The molecule has 3 heterocycles. The minimum Gasteiger partial charge on any atom is -0.459 e. The van der Waals surface area contributed by atoms with Crippen molar-refractivity contribution in [1.82, 2.24) is 19.1 Å². The summed E-state index contributed by atoms with van der Waals surface area (Å²) in [5.41, 5.74) is -1.72. The SMILES string of the molecule is C#CCn1c(=O)n([C@@H]2O[C@H]([C@H](CSC)OC(C)=O)C[C@H]2OC(C)=O)c2nc(NC(C)=O)[nH]c(=O)c21. The fourth-order valence-electron chi connectivity index (χ4n) is 3.92. The summed E-state index contributed by atoms with van der Waals surface area (Å²) >= 11 is 1.42. The molecule has 1 aliphatic heterocycles. The van der Waals surface area contributed by atoms with Gasteiger partial charge in [0.05, 0.1) is 6.54 Å².